The van der Waals surface area contributed by atoms with Crippen LogP contribution in [0.1, 0.15) is 32.3 Å². The summed E-state index contributed by atoms with van der Waals surface area (Å²) in [5.74, 6) is 0.971. The molecule has 0 atom stereocenters. The molecule has 0 bridgehead atoms. The first kappa shape index (κ1) is 18.3. The molecule has 2 rings (SSSR count). The number of pyridine rings is 1. The third-order valence-electron chi connectivity index (χ3n) is 3.71. The van der Waals surface area contributed by atoms with Crippen molar-refractivity contribution < 1.29 is 8.42 Å². The van der Waals surface area contributed by atoms with Gasteiger partial charge in [0.2, 0.25) is 10.0 Å². The summed E-state index contributed by atoms with van der Waals surface area (Å²) < 4.78 is 26.4. The van der Waals surface area contributed by atoms with Crippen molar-refractivity contribution in [1.82, 2.24) is 4.98 Å². The number of sulfonamides is 1. The number of unbranched alkanes of at least 4 members (excludes halogenated alkanes) is 1. The molecule has 1 aromatic carbocycles. The Hall–Kier alpha value is -2.08. The van der Waals surface area contributed by atoms with E-state index in [9.17, 15) is 8.42 Å². The second-order valence-corrected chi connectivity index (χ2v) is 7.52. The molecule has 0 aliphatic rings. The van der Waals surface area contributed by atoms with Gasteiger partial charge in [-0.25, -0.2) is 13.4 Å². The molecule has 0 saturated heterocycles. The molecule has 1 N–H and O–H groups in total. The third-order valence-corrected chi connectivity index (χ3v) is 5.08. The highest BCUT2D eigenvalue weighted by Gasteiger charge is 2.11. The summed E-state index contributed by atoms with van der Waals surface area (Å²) in [6, 6.07) is 13.8. The Morgan fingerprint density at radius 2 is 1.83 bits per heavy atom. The van der Waals surface area contributed by atoms with Crippen LogP contribution in [-0.4, -0.2) is 25.7 Å². The Morgan fingerprint density at radius 3 is 2.42 bits per heavy atom. The summed E-state index contributed by atoms with van der Waals surface area (Å²) >= 11 is 0. The van der Waals surface area contributed by atoms with Gasteiger partial charge < -0.3 is 4.90 Å². The van der Waals surface area contributed by atoms with Gasteiger partial charge in [-0.05, 0) is 31.0 Å². The van der Waals surface area contributed by atoms with E-state index in [2.05, 4.69) is 33.7 Å². The minimum Gasteiger partial charge on any atom is -0.353 e. The highest BCUT2D eigenvalue weighted by Crippen LogP contribution is 2.17. The average Bonchev–Trinajstić information content (AvgIpc) is 2.59. The molecule has 0 fully saturated rings. The van der Waals surface area contributed by atoms with Crippen LogP contribution in [0, 0.1) is 0 Å². The fourth-order valence-corrected chi connectivity index (χ4v) is 3.61. The van der Waals surface area contributed by atoms with Crippen LogP contribution >= 0.6 is 0 Å². The van der Waals surface area contributed by atoms with E-state index < -0.39 is 10.0 Å². The Balaban J connectivity index is 2.04. The Morgan fingerprint density at radius 1 is 1.08 bits per heavy atom. The van der Waals surface area contributed by atoms with Crippen LogP contribution in [0.4, 0.5) is 11.5 Å². The molecular weight excluding hydrogens is 322 g/mol. The zero-order chi connectivity index (χ0) is 17.4. The number of hydrogen-bond acceptors (Lipinski definition) is 4. The maximum atomic E-state index is 11.9. The predicted octanol–water partition coefficient (Wildman–Crippen LogP) is 3.65. The minimum absolute atomic E-state index is 0.139. The van der Waals surface area contributed by atoms with Gasteiger partial charge in [-0.15, -0.1) is 0 Å². The van der Waals surface area contributed by atoms with E-state index in [1.807, 2.05) is 31.2 Å². The van der Waals surface area contributed by atoms with Gasteiger partial charge in [0.15, 0.2) is 0 Å². The SMILES string of the molecule is CCCCS(=O)(=O)Nc1ccc(N(CC)Cc2ccccc2)nc1. The summed E-state index contributed by atoms with van der Waals surface area (Å²) in [5.41, 5.74) is 1.72. The van der Waals surface area contributed by atoms with E-state index in [1.54, 1.807) is 12.3 Å². The van der Waals surface area contributed by atoms with Crippen molar-refractivity contribution in [2.45, 2.75) is 33.2 Å². The summed E-state index contributed by atoms with van der Waals surface area (Å²) in [4.78, 5) is 6.55. The maximum absolute atomic E-state index is 11.9. The van der Waals surface area contributed by atoms with Crippen molar-refractivity contribution in [3.63, 3.8) is 0 Å². The molecule has 2 aromatic rings. The van der Waals surface area contributed by atoms with E-state index in [1.165, 1.54) is 5.56 Å². The van der Waals surface area contributed by atoms with Crippen molar-refractivity contribution in [1.29, 1.82) is 0 Å². The molecule has 0 unspecified atom stereocenters. The molecular formula is C18H25N3O2S. The first-order valence-electron chi connectivity index (χ1n) is 8.29. The van der Waals surface area contributed by atoms with E-state index >= 15 is 0 Å². The third kappa shape index (κ3) is 5.53. The number of aromatic nitrogens is 1. The van der Waals surface area contributed by atoms with Crippen molar-refractivity contribution >= 4 is 21.5 Å². The van der Waals surface area contributed by atoms with Crippen LogP contribution < -0.4 is 9.62 Å². The number of nitrogens with one attached hydrogen (secondary N) is 1. The highest BCUT2D eigenvalue weighted by molar-refractivity contribution is 7.92. The summed E-state index contributed by atoms with van der Waals surface area (Å²) in [5, 5.41) is 0. The molecule has 0 saturated carbocycles. The predicted molar refractivity (Wildman–Crippen MR) is 99.7 cm³/mol. The van der Waals surface area contributed by atoms with Crippen molar-refractivity contribution in [2.75, 3.05) is 21.9 Å². The smallest absolute Gasteiger partial charge is 0.232 e. The highest BCUT2D eigenvalue weighted by atomic mass is 32.2. The van der Waals surface area contributed by atoms with Crippen LogP contribution in [-0.2, 0) is 16.6 Å². The normalized spacial score (nSPS) is 11.2. The van der Waals surface area contributed by atoms with E-state index in [4.69, 9.17) is 0 Å². The van der Waals surface area contributed by atoms with Gasteiger partial charge in [0.25, 0.3) is 0 Å². The monoisotopic (exact) mass is 347 g/mol. The fourth-order valence-electron chi connectivity index (χ4n) is 2.36. The summed E-state index contributed by atoms with van der Waals surface area (Å²) in [6.07, 6.45) is 3.08. The lowest BCUT2D eigenvalue weighted by Gasteiger charge is -2.22. The molecule has 0 aliphatic heterocycles. The van der Waals surface area contributed by atoms with E-state index in [-0.39, 0.29) is 5.75 Å². The quantitative estimate of drug-likeness (QED) is 0.752. The van der Waals surface area contributed by atoms with Crippen molar-refractivity contribution in [2.24, 2.45) is 0 Å². The molecule has 130 valence electrons. The average molecular weight is 347 g/mol. The lowest BCUT2D eigenvalue weighted by Crippen LogP contribution is -2.23. The van der Waals surface area contributed by atoms with Crippen molar-refractivity contribution in [3.8, 4) is 0 Å². The largest absolute Gasteiger partial charge is 0.353 e. The first-order chi connectivity index (χ1) is 11.5. The molecule has 24 heavy (non-hydrogen) atoms. The van der Waals surface area contributed by atoms with Gasteiger partial charge in [0, 0.05) is 13.1 Å². The van der Waals surface area contributed by atoms with Gasteiger partial charge >= 0.3 is 0 Å². The Bertz CT molecular complexity index is 716. The fraction of sp³-hybridized carbons (Fsp3) is 0.389. The Labute approximate surface area is 144 Å². The molecule has 5 nitrogen and oxygen atoms in total. The van der Waals surface area contributed by atoms with Crippen LogP contribution in [0.5, 0.6) is 0 Å². The lowest BCUT2D eigenvalue weighted by molar-refractivity contribution is 0.598. The second-order valence-electron chi connectivity index (χ2n) is 5.68. The minimum atomic E-state index is -3.29. The van der Waals surface area contributed by atoms with Gasteiger partial charge in [0.1, 0.15) is 5.82 Å². The van der Waals surface area contributed by atoms with Gasteiger partial charge in [0.05, 0.1) is 17.6 Å². The number of rotatable bonds is 9. The van der Waals surface area contributed by atoms with E-state index in [0.717, 1.165) is 25.3 Å². The second kappa shape index (κ2) is 8.68. The zero-order valence-corrected chi connectivity index (χ0v) is 15.1. The Kier molecular flexibility index (Phi) is 6.61. The molecule has 0 radical (unpaired) electrons. The standard InChI is InChI=1S/C18H25N3O2S/c1-3-5-13-24(22,23)20-17-11-12-18(19-14-17)21(4-2)15-16-9-7-6-8-10-16/h6-12,14,20H,3-5,13,15H2,1-2H3. The van der Waals surface area contributed by atoms with Gasteiger partial charge in [-0.1, -0.05) is 43.7 Å². The van der Waals surface area contributed by atoms with Crippen molar-refractivity contribution in [3.05, 3.63) is 54.2 Å². The summed E-state index contributed by atoms with van der Waals surface area (Å²) in [7, 11) is -3.29. The molecule has 1 heterocycles. The number of hydrogen-bond donors (Lipinski definition) is 1. The van der Waals surface area contributed by atoms with Crippen LogP contribution in [0.2, 0.25) is 0 Å². The molecule has 0 aliphatic carbocycles. The van der Waals surface area contributed by atoms with Gasteiger partial charge in [-0.2, -0.15) is 0 Å². The van der Waals surface area contributed by atoms with E-state index in [0.29, 0.717) is 12.1 Å². The molecule has 6 heteroatoms. The number of anilines is 2. The van der Waals surface area contributed by atoms with Crippen LogP contribution in [0.15, 0.2) is 48.7 Å². The maximum Gasteiger partial charge on any atom is 0.232 e. The number of benzene rings is 1. The zero-order valence-electron chi connectivity index (χ0n) is 14.3. The number of nitrogens with zero attached hydrogens (tertiary/aromatic N) is 2. The first-order valence-corrected chi connectivity index (χ1v) is 9.94. The lowest BCUT2D eigenvalue weighted by atomic mass is 10.2. The molecule has 0 amide bonds. The van der Waals surface area contributed by atoms with Crippen LogP contribution in [0.25, 0.3) is 0 Å². The van der Waals surface area contributed by atoms with Gasteiger partial charge in [-0.3, -0.25) is 4.72 Å². The van der Waals surface area contributed by atoms with Crippen LogP contribution in [0.3, 0.4) is 0 Å². The molecule has 1 aromatic heterocycles. The summed E-state index contributed by atoms with van der Waals surface area (Å²) in [6.45, 7) is 5.64. The topological polar surface area (TPSA) is 62.3 Å². The molecule has 0 spiro atoms.